The number of piperidine rings is 1. The smallest absolute Gasteiger partial charge is 0.246 e. The molecule has 0 radical (unpaired) electrons. The third-order valence-electron chi connectivity index (χ3n) is 7.09. The molecular formula is C27H33N3O4. The van der Waals surface area contributed by atoms with Crippen LogP contribution >= 0.6 is 0 Å². The number of benzene rings is 1. The molecule has 34 heavy (non-hydrogen) atoms. The fraction of sp³-hybridized carbons (Fsp3) is 0.444. The number of aryl methyl sites for hydroxylation is 1. The quantitative estimate of drug-likeness (QED) is 0.455. The van der Waals surface area contributed by atoms with Gasteiger partial charge in [-0.3, -0.25) is 14.6 Å². The Morgan fingerprint density at radius 2 is 1.85 bits per heavy atom. The molecule has 4 rings (SSSR count). The van der Waals surface area contributed by atoms with E-state index < -0.39 is 0 Å². The minimum absolute atomic E-state index is 0.00222. The number of ether oxygens (including phenoxy) is 2. The topological polar surface area (TPSA) is 80.8 Å². The summed E-state index contributed by atoms with van der Waals surface area (Å²) in [6.45, 7) is 2.08. The Morgan fingerprint density at radius 3 is 2.56 bits per heavy atom. The van der Waals surface area contributed by atoms with Crippen molar-refractivity contribution in [3.8, 4) is 11.5 Å². The van der Waals surface area contributed by atoms with Crippen LogP contribution in [0.25, 0.3) is 6.08 Å². The summed E-state index contributed by atoms with van der Waals surface area (Å²) in [6.07, 6.45) is 11.6. The third-order valence-corrected chi connectivity index (χ3v) is 7.09. The molecule has 0 unspecified atom stereocenters. The van der Waals surface area contributed by atoms with Gasteiger partial charge in [0.15, 0.2) is 11.5 Å². The Morgan fingerprint density at radius 1 is 1.12 bits per heavy atom. The highest BCUT2D eigenvalue weighted by molar-refractivity contribution is 5.92. The van der Waals surface area contributed by atoms with E-state index in [0.29, 0.717) is 31.1 Å². The van der Waals surface area contributed by atoms with E-state index >= 15 is 0 Å². The highest BCUT2D eigenvalue weighted by atomic mass is 16.5. The van der Waals surface area contributed by atoms with Gasteiger partial charge >= 0.3 is 0 Å². The SMILES string of the molecule is COc1ccc(/C=C/C(=O)N2CCC3(CC2)C[C@@H]3C(=O)NCCCc2ccncc2)cc1OC. The molecule has 1 spiro atoms. The van der Waals surface area contributed by atoms with Crippen molar-refractivity contribution >= 4 is 17.9 Å². The molecule has 1 saturated carbocycles. The molecule has 2 amide bonds. The van der Waals surface area contributed by atoms with E-state index in [1.165, 1.54) is 5.56 Å². The van der Waals surface area contributed by atoms with E-state index in [4.69, 9.17) is 9.47 Å². The van der Waals surface area contributed by atoms with Gasteiger partial charge in [-0.25, -0.2) is 0 Å². The van der Waals surface area contributed by atoms with Crippen molar-refractivity contribution in [2.75, 3.05) is 33.9 Å². The number of hydrogen-bond acceptors (Lipinski definition) is 5. The number of pyridine rings is 1. The first-order valence-electron chi connectivity index (χ1n) is 11.9. The summed E-state index contributed by atoms with van der Waals surface area (Å²) >= 11 is 0. The maximum atomic E-state index is 12.7. The molecule has 2 fully saturated rings. The Labute approximate surface area is 201 Å². The van der Waals surface area contributed by atoms with E-state index in [1.54, 1.807) is 38.8 Å². The van der Waals surface area contributed by atoms with Gasteiger partial charge < -0.3 is 19.7 Å². The van der Waals surface area contributed by atoms with Crippen molar-refractivity contribution in [3.63, 3.8) is 0 Å². The standard InChI is InChI=1S/C27H33N3O4/c1-33-23-7-5-21(18-24(23)34-2)6-8-25(31)30-16-11-27(12-17-30)19-22(27)26(32)29-13-3-4-20-9-14-28-15-10-20/h5-10,14-15,18,22H,3-4,11-13,16-17,19H2,1-2H3,(H,29,32)/b8-6+/t22-/m1/s1. The summed E-state index contributed by atoms with van der Waals surface area (Å²) in [5, 5.41) is 3.11. The van der Waals surface area contributed by atoms with Crippen LogP contribution in [0, 0.1) is 11.3 Å². The normalized spacial score (nSPS) is 18.6. The summed E-state index contributed by atoms with van der Waals surface area (Å²) in [6, 6.07) is 9.58. The number of methoxy groups -OCH3 is 2. The lowest BCUT2D eigenvalue weighted by Crippen LogP contribution is -2.40. The summed E-state index contributed by atoms with van der Waals surface area (Å²) in [7, 11) is 3.19. The lowest BCUT2D eigenvalue weighted by atomic mass is 9.90. The number of likely N-dealkylation sites (tertiary alicyclic amines) is 1. The van der Waals surface area contributed by atoms with Crippen LogP contribution in [0.15, 0.2) is 48.8 Å². The van der Waals surface area contributed by atoms with Gasteiger partial charge in [-0.05, 0) is 79.0 Å². The zero-order valence-electron chi connectivity index (χ0n) is 20.0. The molecule has 180 valence electrons. The van der Waals surface area contributed by atoms with Gasteiger partial charge in [-0.15, -0.1) is 0 Å². The molecule has 1 aliphatic heterocycles. The van der Waals surface area contributed by atoms with Gasteiger partial charge in [0.25, 0.3) is 0 Å². The molecule has 1 aromatic carbocycles. The van der Waals surface area contributed by atoms with Crippen LogP contribution in [-0.2, 0) is 16.0 Å². The largest absolute Gasteiger partial charge is 0.493 e. The van der Waals surface area contributed by atoms with Gasteiger partial charge in [0.05, 0.1) is 14.2 Å². The lowest BCUT2D eigenvalue weighted by Gasteiger charge is -2.32. The second-order valence-electron chi connectivity index (χ2n) is 9.14. The monoisotopic (exact) mass is 463 g/mol. The minimum Gasteiger partial charge on any atom is -0.493 e. The molecule has 7 heteroatoms. The van der Waals surface area contributed by atoms with Crippen LogP contribution in [0.2, 0.25) is 0 Å². The highest BCUT2D eigenvalue weighted by Gasteiger charge is 2.58. The molecule has 1 N–H and O–H groups in total. The number of amides is 2. The molecule has 1 aliphatic carbocycles. The molecule has 2 aliphatic rings. The molecule has 1 saturated heterocycles. The first-order valence-corrected chi connectivity index (χ1v) is 11.9. The minimum atomic E-state index is 0.00222. The van der Waals surface area contributed by atoms with Crippen LogP contribution in [0.1, 0.15) is 36.8 Å². The van der Waals surface area contributed by atoms with E-state index in [2.05, 4.69) is 10.3 Å². The average molecular weight is 464 g/mol. The first-order chi connectivity index (χ1) is 16.5. The summed E-state index contributed by atoms with van der Waals surface area (Å²) in [4.78, 5) is 31.2. The summed E-state index contributed by atoms with van der Waals surface area (Å²) in [5.74, 6) is 1.55. The van der Waals surface area contributed by atoms with Crippen molar-refractivity contribution in [1.29, 1.82) is 0 Å². The van der Waals surface area contributed by atoms with E-state index in [9.17, 15) is 9.59 Å². The Kier molecular flexibility index (Phi) is 7.50. The van der Waals surface area contributed by atoms with Crippen LogP contribution in [0.3, 0.4) is 0 Å². The van der Waals surface area contributed by atoms with Crippen LogP contribution in [-0.4, -0.2) is 55.6 Å². The number of aromatic nitrogens is 1. The molecule has 2 aromatic rings. The molecular weight excluding hydrogens is 430 g/mol. The molecule has 2 heterocycles. The fourth-order valence-corrected chi connectivity index (χ4v) is 4.85. The summed E-state index contributed by atoms with van der Waals surface area (Å²) in [5.41, 5.74) is 2.20. The molecule has 1 aromatic heterocycles. The molecule has 0 bridgehead atoms. The second-order valence-corrected chi connectivity index (χ2v) is 9.14. The van der Waals surface area contributed by atoms with Gasteiger partial charge in [-0.2, -0.15) is 0 Å². The van der Waals surface area contributed by atoms with Crippen LogP contribution in [0.5, 0.6) is 11.5 Å². The van der Waals surface area contributed by atoms with E-state index in [0.717, 1.165) is 37.7 Å². The van der Waals surface area contributed by atoms with Crippen molar-refractivity contribution in [2.24, 2.45) is 11.3 Å². The lowest BCUT2D eigenvalue weighted by molar-refractivity contribution is -0.127. The second kappa shape index (κ2) is 10.7. The number of hydrogen-bond donors (Lipinski definition) is 1. The van der Waals surface area contributed by atoms with Crippen molar-refractivity contribution in [2.45, 2.75) is 32.1 Å². The van der Waals surface area contributed by atoms with Crippen molar-refractivity contribution < 1.29 is 19.1 Å². The Bertz CT molecular complexity index is 1030. The third kappa shape index (κ3) is 5.58. The summed E-state index contributed by atoms with van der Waals surface area (Å²) < 4.78 is 10.6. The Hall–Kier alpha value is -3.35. The molecule has 1 atom stereocenters. The molecule has 7 nitrogen and oxygen atoms in total. The van der Waals surface area contributed by atoms with E-state index in [1.807, 2.05) is 35.2 Å². The first kappa shape index (κ1) is 23.8. The van der Waals surface area contributed by atoms with Gasteiger partial charge in [0, 0.05) is 44.0 Å². The van der Waals surface area contributed by atoms with Gasteiger partial charge in [0.2, 0.25) is 11.8 Å². The number of carbonyl (C=O) groups excluding carboxylic acids is 2. The number of nitrogens with one attached hydrogen (secondary N) is 1. The van der Waals surface area contributed by atoms with Gasteiger partial charge in [-0.1, -0.05) is 6.07 Å². The number of nitrogens with zero attached hydrogens (tertiary/aromatic N) is 2. The van der Waals surface area contributed by atoms with Gasteiger partial charge in [0.1, 0.15) is 0 Å². The predicted molar refractivity (Wildman–Crippen MR) is 131 cm³/mol. The zero-order chi connectivity index (χ0) is 24.0. The predicted octanol–water partition coefficient (Wildman–Crippen LogP) is 3.49. The van der Waals surface area contributed by atoms with Crippen LogP contribution < -0.4 is 14.8 Å². The van der Waals surface area contributed by atoms with Crippen molar-refractivity contribution in [3.05, 3.63) is 59.9 Å². The maximum Gasteiger partial charge on any atom is 0.246 e. The maximum absolute atomic E-state index is 12.7. The van der Waals surface area contributed by atoms with Crippen LogP contribution in [0.4, 0.5) is 0 Å². The van der Waals surface area contributed by atoms with Crippen molar-refractivity contribution in [1.82, 2.24) is 15.2 Å². The average Bonchev–Trinajstić information content (AvgIpc) is 3.58. The zero-order valence-corrected chi connectivity index (χ0v) is 20.0. The van der Waals surface area contributed by atoms with E-state index in [-0.39, 0.29) is 23.1 Å². The number of carbonyl (C=O) groups is 2. The fourth-order valence-electron chi connectivity index (χ4n) is 4.85. The Balaban J connectivity index is 1.20. The highest BCUT2D eigenvalue weighted by Crippen LogP contribution is 2.59. The number of rotatable bonds is 9.